The summed E-state index contributed by atoms with van der Waals surface area (Å²) in [7, 11) is 0. The van der Waals surface area contributed by atoms with Crippen LogP contribution in [0.4, 0.5) is 42.4 Å². The van der Waals surface area contributed by atoms with Crippen molar-refractivity contribution in [1.29, 1.82) is 0 Å². The fourth-order valence-corrected chi connectivity index (χ4v) is 6.40. The Labute approximate surface area is 252 Å². The van der Waals surface area contributed by atoms with Crippen molar-refractivity contribution in [2.24, 2.45) is 0 Å². The van der Waals surface area contributed by atoms with Crippen LogP contribution in [-0.2, 0) is 20.4 Å². The number of carbonyl (C=O) groups excluding carboxylic acids is 1. The van der Waals surface area contributed by atoms with E-state index in [0.29, 0.717) is 74.8 Å². The lowest BCUT2D eigenvalue weighted by Gasteiger charge is -2.30. The Morgan fingerprint density at radius 1 is 0.884 bits per heavy atom. The van der Waals surface area contributed by atoms with E-state index in [1.165, 1.54) is 35.2 Å². The van der Waals surface area contributed by atoms with Crippen molar-refractivity contribution in [3.63, 3.8) is 0 Å². The number of carbonyl (C=O) groups is 1. The number of hydrogen-bond donors (Lipinski definition) is 2. The molecule has 2 N–H and O–H groups in total. The van der Waals surface area contributed by atoms with Crippen LogP contribution in [0.25, 0.3) is 10.2 Å². The van der Waals surface area contributed by atoms with Gasteiger partial charge in [-0.1, -0.05) is 17.8 Å². The third-order valence-corrected chi connectivity index (χ3v) is 8.79. The predicted molar refractivity (Wildman–Crippen MR) is 160 cm³/mol. The molecule has 4 aromatic rings. The van der Waals surface area contributed by atoms with Gasteiger partial charge in [0, 0.05) is 37.6 Å². The SMILES string of the molecule is O=C(CSc1nc2ccc(Nc3nc(N4CCOCC4)nc(N4CCOCC4)n3)cc2s1)Nc1cccc(C(F)(F)F)c1. The number of morpholine rings is 2. The highest BCUT2D eigenvalue weighted by Gasteiger charge is 2.30. The van der Waals surface area contributed by atoms with Gasteiger partial charge in [-0.2, -0.15) is 28.1 Å². The molecule has 0 bridgehead atoms. The molecule has 2 fully saturated rings. The highest BCUT2D eigenvalue weighted by Crippen LogP contribution is 2.33. The van der Waals surface area contributed by atoms with Crippen LogP contribution in [0.3, 0.4) is 0 Å². The van der Waals surface area contributed by atoms with Crippen LogP contribution in [0.5, 0.6) is 0 Å². The molecule has 6 rings (SSSR count). The van der Waals surface area contributed by atoms with E-state index < -0.39 is 17.6 Å². The predicted octanol–water partition coefficient (Wildman–Crippen LogP) is 4.65. The van der Waals surface area contributed by atoms with Crippen LogP contribution >= 0.6 is 23.1 Å². The first kappa shape index (κ1) is 29.3. The summed E-state index contributed by atoms with van der Waals surface area (Å²) in [6, 6.07) is 10.2. The number of benzene rings is 2. The zero-order chi connectivity index (χ0) is 29.8. The fraction of sp³-hybridized carbons (Fsp3) is 0.370. The standard InChI is InChI=1S/C27H27F3N8O3S2/c28-27(29,30)17-2-1-3-18(14-17)31-22(39)16-42-26-33-20-5-4-19(15-21(20)43-26)32-23-34-24(37-6-10-40-11-7-37)36-25(35-23)38-8-12-41-13-9-38/h1-5,14-15H,6-13,16H2,(H,31,39)(H,32,34,35,36). The van der Waals surface area contributed by atoms with E-state index in [9.17, 15) is 18.0 Å². The van der Waals surface area contributed by atoms with Crippen LogP contribution in [-0.4, -0.2) is 84.2 Å². The Balaban J connectivity index is 1.14. The molecule has 1 amide bonds. The van der Waals surface area contributed by atoms with Gasteiger partial charge in [0.05, 0.1) is 48.0 Å². The maximum atomic E-state index is 13.0. The van der Waals surface area contributed by atoms with Gasteiger partial charge in [0.1, 0.15) is 0 Å². The summed E-state index contributed by atoms with van der Waals surface area (Å²) in [6.07, 6.45) is -4.48. The highest BCUT2D eigenvalue weighted by atomic mass is 32.2. The lowest BCUT2D eigenvalue weighted by molar-refractivity contribution is -0.137. The molecule has 0 radical (unpaired) electrons. The summed E-state index contributed by atoms with van der Waals surface area (Å²) in [5.74, 6) is 1.17. The van der Waals surface area contributed by atoms with Crippen LogP contribution < -0.4 is 20.4 Å². The molecule has 43 heavy (non-hydrogen) atoms. The number of ether oxygens (including phenoxy) is 2. The Kier molecular flexibility index (Phi) is 8.78. The van der Waals surface area contributed by atoms with Crippen LogP contribution in [0.15, 0.2) is 46.8 Å². The summed E-state index contributed by atoms with van der Waals surface area (Å²) < 4.78 is 51.4. The van der Waals surface area contributed by atoms with Gasteiger partial charge in [0.25, 0.3) is 0 Å². The number of thioether (sulfide) groups is 1. The molecular formula is C27H27F3N8O3S2. The molecule has 0 atom stereocenters. The van der Waals surface area contributed by atoms with Crippen molar-refractivity contribution in [1.82, 2.24) is 19.9 Å². The Bertz CT molecular complexity index is 1560. The Morgan fingerprint density at radius 3 is 2.21 bits per heavy atom. The minimum absolute atomic E-state index is 0.000658. The normalized spacial score (nSPS) is 16.0. The van der Waals surface area contributed by atoms with Gasteiger partial charge >= 0.3 is 6.18 Å². The molecule has 2 aliphatic rings. The number of alkyl halides is 3. The molecule has 2 aliphatic heterocycles. The van der Waals surface area contributed by atoms with Gasteiger partial charge in [-0.3, -0.25) is 4.79 Å². The van der Waals surface area contributed by atoms with Crippen molar-refractivity contribution < 1.29 is 27.4 Å². The Morgan fingerprint density at radius 2 is 1.56 bits per heavy atom. The van der Waals surface area contributed by atoms with Gasteiger partial charge in [-0.15, -0.1) is 11.3 Å². The lowest BCUT2D eigenvalue weighted by Crippen LogP contribution is -2.40. The number of fused-ring (bicyclic) bond motifs is 1. The molecule has 0 aliphatic carbocycles. The molecule has 226 valence electrons. The maximum absolute atomic E-state index is 13.0. The zero-order valence-corrected chi connectivity index (χ0v) is 24.4. The summed E-state index contributed by atoms with van der Waals surface area (Å²) in [5.41, 5.74) is 0.796. The summed E-state index contributed by atoms with van der Waals surface area (Å²) in [6.45, 7) is 5.20. The number of amides is 1. The highest BCUT2D eigenvalue weighted by molar-refractivity contribution is 8.01. The molecule has 2 saturated heterocycles. The first-order valence-electron chi connectivity index (χ1n) is 13.5. The number of rotatable bonds is 8. The van der Waals surface area contributed by atoms with Crippen molar-refractivity contribution in [2.45, 2.75) is 10.5 Å². The first-order chi connectivity index (χ1) is 20.8. The van der Waals surface area contributed by atoms with Gasteiger partial charge in [0.15, 0.2) is 4.34 Å². The number of halogens is 3. The van der Waals surface area contributed by atoms with Gasteiger partial charge in [-0.25, -0.2) is 4.98 Å². The summed E-state index contributed by atoms with van der Waals surface area (Å²) in [5, 5.41) is 5.83. The second kappa shape index (κ2) is 12.9. The molecule has 16 heteroatoms. The lowest BCUT2D eigenvalue weighted by atomic mass is 10.2. The quantitative estimate of drug-likeness (QED) is 0.265. The molecular weight excluding hydrogens is 605 g/mol. The van der Waals surface area contributed by atoms with Crippen LogP contribution in [0, 0.1) is 0 Å². The van der Waals surface area contributed by atoms with E-state index >= 15 is 0 Å². The van der Waals surface area contributed by atoms with Crippen molar-refractivity contribution >= 4 is 68.4 Å². The fourth-order valence-electron chi connectivity index (χ4n) is 4.49. The first-order valence-corrected chi connectivity index (χ1v) is 15.3. The number of nitrogens with zero attached hydrogens (tertiary/aromatic N) is 6. The molecule has 0 saturated carbocycles. The largest absolute Gasteiger partial charge is 0.416 e. The molecule has 2 aromatic carbocycles. The minimum Gasteiger partial charge on any atom is -0.378 e. The van der Waals surface area contributed by atoms with E-state index in [4.69, 9.17) is 24.4 Å². The summed E-state index contributed by atoms with van der Waals surface area (Å²) >= 11 is 2.63. The van der Waals surface area contributed by atoms with Gasteiger partial charge in [0.2, 0.25) is 23.8 Å². The summed E-state index contributed by atoms with van der Waals surface area (Å²) in [4.78, 5) is 35.3. The van der Waals surface area contributed by atoms with Crippen LogP contribution in [0.2, 0.25) is 0 Å². The third-order valence-electron chi connectivity index (χ3n) is 6.63. The number of aromatic nitrogens is 4. The van der Waals surface area contributed by atoms with Crippen LogP contribution in [0.1, 0.15) is 5.56 Å². The van der Waals surface area contributed by atoms with Crippen molar-refractivity contribution in [2.75, 3.05) is 78.8 Å². The monoisotopic (exact) mass is 632 g/mol. The molecule has 0 spiro atoms. The third kappa shape index (κ3) is 7.44. The second-order valence-electron chi connectivity index (χ2n) is 9.66. The molecule has 11 nitrogen and oxygen atoms in total. The van der Waals surface area contributed by atoms with Crippen molar-refractivity contribution in [3.8, 4) is 0 Å². The average Bonchev–Trinajstić information content (AvgIpc) is 3.43. The molecule has 2 aromatic heterocycles. The van der Waals surface area contributed by atoms with E-state index in [1.807, 2.05) is 18.2 Å². The molecule has 0 unspecified atom stereocenters. The maximum Gasteiger partial charge on any atom is 0.416 e. The van der Waals surface area contributed by atoms with Crippen molar-refractivity contribution in [3.05, 3.63) is 48.0 Å². The number of anilines is 5. The zero-order valence-electron chi connectivity index (χ0n) is 22.8. The molecule has 4 heterocycles. The van der Waals surface area contributed by atoms with E-state index in [1.54, 1.807) is 0 Å². The van der Waals surface area contributed by atoms with E-state index in [0.717, 1.165) is 28.0 Å². The number of thiazole rings is 1. The average molecular weight is 633 g/mol. The van der Waals surface area contributed by atoms with Gasteiger partial charge in [-0.05, 0) is 36.4 Å². The Hall–Kier alpha value is -3.73. The number of hydrogen-bond acceptors (Lipinski definition) is 12. The topological polar surface area (TPSA) is 118 Å². The van der Waals surface area contributed by atoms with E-state index in [2.05, 4.69) is 25.4 Å². The van der Waals surface area contributed by atoms with E-state index in [-0.39, 0.29) is 11.4 Å². The smallest absolute Gasteiger partial charge is 0.378 e. The van der Waals surface area contributed by atoms with Gasteiger partial charge < -0.3 is 29.9 Å². The number of nitrogens with one attached hydrogen (secondary N) is 2. The second-order valence-corrected chi connectivity index (χ2v) is 11.9. The minimum atomic E-state index is -4.48.